The number of carbonyl (C=O) groups excluding carboxylic acids is 1. The molecule has 3 heterocycles. The van der Waals surface area contributed by atoms with E-state index in [4.69, 9.17) is 14.7 Å². The lowest BCUT2D eigenvalue weighted by atomic mass is 10.0. The van der Waals surface area contributed by atoms with E-state index in [1.807, 2.05) is 25.2 Å². The number of thiazole rings is 1. The Morgan fingerprint density at radius 3 is 2.81 bits per heavy atom. The van der Waals surface area contributed by atoms with Gasteiger partial charge < -0.3 is 14.5 Å². The Labute approximate surface area is 187 Å². The molecule has 3 aromatic rings. The van der Waals surface area contributed by atoms with Crippen molar-refractivity contribution < 1.29 is 9.53 Å². The van der Waals surface area contributed by atoms with Crippen LogP contribution in [-0.2, 0) is 22.6 Å². The number of aromatic nitrogens is 3. The number of ether oxygens (including phenoxy) is 1. The first-order valence-electron chi connectivity index (χ1n) is 10.8. The molecule has 7 nitrogen and oxygen atoms in total. The summed E-state index contributed by atoms with van der Waals surface area (Å²) in [6.45, 7) is 4.11. The molecular weight excluding hydrogens is 410 g/mol. The van der Waals surface area contributed by atoms with Gasteiger partial charge in [0.1, 0.15) is 11.3 Å². The molecule has 164 valence electrons. The van der Waals surface area contributed by atoms with Gasteiger partial charge in [0.25, 0.3) is 0 Å². The molecule has 0 spiro atoms. The molecule has 4 rings (SSSR count). The average molecular weight is 440 g/mol. The van der Waals surface area contributed by atoms with Gasteiger partial charge in [0.05, 0.1) is 6.04 Å². The summed E-state index contributed by atoms with van der Waals surface area (Å²) in [7, 11) is 3.66. The first-order valence-corrected chi connectivity index (χ1v) is 11.6. The summed E-state index contributed by atoms with van der Waals surface area (Å²) in [6.07, 6.45) is 3.21. The molecule has 0 bridgehead atoms. The fraction of sp³-hybridized carbons (Fsp3) is 0.478. The Kier molecular flexibility index (Phi) is 6.77. The van der Waals surface area contributed by atoms with Crippen LogP contribution >= 0.6 is 11.3 Å². The Morgan fingerprint density at radius 1 is 1.26 bits per heavy atom. The van der Waals surface area contributed by atoms with Crippen LogP contribution in [0.15, 0.2) is 30.3 Å². The second kappa shape index (κ2) is 9.70. The molecule has 1 aliphatic heterocycles. The Hall–Kier alpha value is -2.58. The highest BCUT2D eigenvalue weighted by molar-refractivity contribution is 7.22. The minimum Gasteiger partial charge on any atom is -0.377 e. The highest BCUT2D eigenvalue weighted by atomic mass is 32.1. The second-order valence-electron chi connectivity index (χ2n) is 7.86. The Balaban J connectivity index is 1.58. The maximum Gasteiger partial charge on any atom is 0.188 e. The quantitative estimate of drug-likeness (QED) is 0.501. The summed E-state index contributed by atoms with van der Waals surface area (Å²) >= 11 is 1.58. The van der Waals surface area contributed by atoms with Gasteiger partial charge in [-0.3, -0.25) is 4.79 Å². The Morgan fingerprint density at radius 2 is 2.06 bits per heavy atom. The van der Waals surface area contributed by atoms with Gasteiger partial charge in [-0.05, 0) is 31.7 Å². The van der Waals surface area contributed by atoms with Crippen molar-refractivity contribution in [2.24, 2.45) is 0 Å². The molecule has 0 saturated carbocycles. The van der Waals surface area contributed by atoms with E-state index in [9.17, 15) is 4.79 Å². The number of aryl methyl sites for hydroxylation is 1. The van der Waals surface area contributed by atoms with Crippen molar-refractivity contribution in [1.82, 2.24) is 15.0 Å². The predicted molar refractivity (Wildman–Crippen MR) is 125 cm³/mol. The maximum atomic E-state index is 13.1. The van der Waals surface area contributed by atoms with Crippen LogP contribution in [0.1, 0.15) is 37.6 Å². The molecular formula is C23H29N5O2S. The zero-order chi connectivity index (χ0) is 21.8. The number of Topliss-reactive ketones (excluding diaryl/α,β-unsaturated/α-hetero) is 1. The van der Waals surface area contributed by atoms with Gasteiger partial charge in [-0.2, -0.15) is 4.98 Å². The van der Waals surface area contributed by atoms with Crippen LogP contribution in [0.4, 0.5) is 10.9 Å². The van der Waals surface area contributed by atoms with Crippen LogP contribution in [0.25, 0.3) is 10.3 Å². The van der Waals surface area contributed by atoms with Gasteiger partial charge in [0.15, 0.2) is 28.2 Å². The third-order valence-corrected chi connectivity index (χ3v) is 6.83. The van der Waals surface area contributed by atoms with Crippen LogP contribution in [0.5, 0.6) is 0 Å². The molecule has 1 fully saturated rings. The predicted octanol–water partition coefficient (Wildman–Crippen LogP) is 3.86. The van der Waals surface area contributed by atoms with Crippen LogP contribution in [0, 0.1) is 0 Å². The normalized spacial score (nSPS) is 16.2. The molecule has 8 heteroatoms. The van der Waals surface area contributed by atoms with Crippen molar-refractivity contribution in [2.45, 2.75) is 45.3 Å². The summed E-state index contributed by atoms with van der Waals surface area (Å²) < 4.78 is 6.20. The lowest BCUT2D eigenvalue weighted by molar-refractivity contribution is -0.120. The first kappa shape index (κ1) is 21.6. The number of methoxy groups -OCH3 is 1. The van der Waals surface area contributed by atoms with Gasteiger partial charge in [-0.25, -0.2) is 9.97 Å². The third-order valence-electron chi connectivity index (χ3n) is 5.75. The molecule has 1 aromatic carbocycles. The molecule has 0 N–H and O–H groups in total. The number of ketones is 1. The molecule has 31 heavy (non-hydrogen) atoms. The number of carbonyl (C=O) groups is 1. The molecule has 1 saturated heterocycles. The van der Waals surface area contributed by atoms with Crippen LogP contribution in [0.3, 0.4) is 0 Å². The summed E-state index contributed by atoms with van der Waals surface area (Å²) in [4.78, 5) is 31.5. The van der Waals surface area contributed by atoms with E-state index >= 15 is 0 Å². The summed E-state index contributed by atoms with van der Waals surface area (Å²) in [5, 5.41) is 0.861. The van der Waals surface area contributed by atoms with E-state index in [0.29, 0.717) is 24.5 Å². The Bertz CT molecular complexity index is 1040. The highest BCUT2D eigenvalue weighted by Gasteiger charge is 2.33. The van der Waals surface area contributed by atoms with E-state index in [1.54, 1.807) is 18.4 Å². The average Bonchev–Trinajstić information content (AvgIpc) is 3.44. The van der Waals surface area contributed by atoms with Gasteiger partial charge >= 0.3 is 0 Å². The van der Waals surface area contributed by atoms with Crippen molar-refractivity contribution in [3.05, 3.63) is 41.7 Å². The number of fused-ring (bicyclic) bond motifs is 1. The number of nitrogens with zero attached hydrogens (tertiary/aromatic N) is 5. The van der Waals surface area contributed by atoms with Crippen molar-refractivity contribution in [2.75, 3.05) is 37.0 Å². The number of benzene rings is 1. The summed E-state index contributed by atoms with van der Waals surface area (Å²) in [5.41, 5.74) is 1.88. The number of anilines is 2. The number of hydrogen-bond acceptors (Lipinski definition) is 8. The second-order valence-corrected chi connectivity index (χ2v) is 8.84. The van der Waals surface area contributed by atoms with Crippen LogP contribution in [-0.4, -0.2) is 54.0 Å². The van der Waals surface area contributed by atoms with Gasteiger partial charge in [-0.15, -0.1) is 0 Å². The van der Waals surface area contributed by atoms with Crippen molar-refractivity contribution in [1.29, 1.82) is 0 Å². The van der Waals surface area contributed by atoms with E-state index in [0.717, 1.165) is 48.0 Å². The largest absolute Gasteiger partial charge is 0.377 e. The van der Waals surface area contributed by atoms with Crippen molar-refractivity contribution in [3.63, 3.8) is 0 Å². The smallest absolute Gasteiger partial charge is 0.188 e. The van der Waals surface area contributed by atoms with E-state index in [-0.39, 0.29) is 11.8 Å². The lowest BCUT2D eigenvalue weighted by Crippen LogP contribution is -2.36. The van der Waals surface area contributed by atoms with Crippen molar-refractivity contribution >= 4 is 38.4 Å². The third kappa shape index (κ3) is 4.70. The molecule has 1 atom stereocenters. The van der Waals surface area contributed by atoms with Crippen molar-refractivity contribution in [3.8, 4) is 0 Å². The standard InChI is InChI=1S/C23H29N5O2S/c1-4-27(2)22-20-21(24-19(25-22)15-30-3)26-23(31-20)28-14-8-11-17(28)18(29)13-12-16-9-6-5-7-10-16/h5-7,9-10,17H,4,8,11-15H2,1-3H3/t17-/m1/s1. The maximum absolute atomic E-state index is 13.1. The molecule has 0 unspecified atom stereocenters. The topological polar surface area (TPSA) is 71.5 Å². The van der Waals surface area contributed by atoms with Gasteiger partial charge in [0, 0.05) is 33.7 Å². The SMILES string of the molecule is CCN(C)c1nc(COC)nc2nc(N3CCC[C@@H]3C(=O)CCc3ccccc3)sc12. The molecule has 0 amide bonds. The zero-order valence-corrected chi connectivity index (χ0v) is 19.2. The monoisotopic (exact) mass is 439 g/mol. The molecule has 0 aliphatic carbocycles. The van der Waals surface area contributed by atoms with Gasteiger partial charge in [-0.1, -0.05) is 41.7 Å². The van der Waals surface area contributed by atoms with E-state index < -0.39 is 0 Å². The van der Waals surface area contributed by atoms with Crippen LogP contribution < -0.4 is 9.80 Å². The summed E-state index contributed by atoms with van der Waals surface area (Å²) in [5.74, 6) is 1.78. The van der Waals surface area contributed by atoms with Gasteiger partial charge in [0.2, 0.25) is 0 Å². The number of rotatable bonds is 9. The zero-order valence-electron chi connectivity index (χ0n) is 18.4. The highest BCUT2D eigenvalue weighted by Crippen LogP contribution is 2.37. The minimum absolute atomic E-state index is 0.108. The van der Waals surface area contributed by atoms with E-state index in [2.05, 4.69) is 33.8 Å². The molecule has 0 radical (unpaired) electrons. The number of hydrogen-bond donors (Lipinski definition) is 0. The fourth-order valence-corrected chi connectivity index (χ4v) is 5.10. The lowest BCUT2D eigenvalue weighted by Gasteiger charge is -2.22. The summed E-state index contributed by atoms with van der Waals surface area (Å²) in [6, 6.07) is 10.1. The van der Waals surface area contributed by atoms with Crippen LogP contribution in [0.2, 0.25) is 0 Å². The molecule has 1 aliphatic rings. The fourth-order valence-electron chi connectivity index (χ4n) is 3.98. The first-order chi connectivity index (χ1) is 15.1. The minimum atomic E-state index is -0.108. The van der Waals surface area contributed by atoms with E-state index in [1.165, 1.54) is 5.56 Å². The molecule has 2 aromatic heterocycles.